The van der Waals surface area contributed by atoms with E-state index in [4.69, 9.17) is 9.47 Å². The van der Waals surface area contributed by atoms with Crippen LogP contribution in [0.15, 0.2) is 12.3 Å². The summed E-state index contributed by atoms with van der Waals surface area (Å²) < 4.78 is 35.2. The lowest BCUT2D eigenvalue weighted by atomic mass is 10.2. The fourth-order valence-electron chi connectivity index (χ4n) is 1.02. The molecule has 0 aliphatic carbocycles. The molecule has 0 aromatic carbocycles. The minimum Gasteiger partial charge on any atom is -0.462 e. The standard InChI is InChI=1S/C10H11F2NO3/c1-15-5-2-6-16-10(14)7-3-4-13-9(12)8(7)11/h3-4H,2,5-6H2,1H3. The first kappa shape index (κ1) is 12.5. The number of carbonyl (C=O) groups excluding carboxylic acids is 1. The summed E-state index contributed by atoms with van der Waals surface area (Å²) in [6, 6.07) is 1.07. The van der Waals surface area contributed by atoms with Gasteiger partial charge in [0.05, 0.1) is 6.61 Å². The molecule has 0 saturated carbocycles. The first-order valence-electron chi connectivity index (χ1n) is 4.63. The molecule has 1 heterocycles. The van der Waals surface area contributed by atoms with Crippen LogP contribution in [0.25, 0.3) is 0 Å². The Kier molecular flexibility index (Phi) is 4.78. The zero-order valence-electron chi connectivity index (χ0n) is 8.70. The Morgan fingerprint density at radius 2 is 2.19 bits per heavy atom. The smallest absolute Gasteiger partial charge is 0.341 e. The first-order valence-corrected chi connectivity index (χ1v) is 4.63. The molecule has 1 aromatic rings. The van der Waals surface area contributed by atoms with Gasteiger partial charge in [0.2, 0.25) is 5.95 Å². The van der Waals surface area contributed by atoms with Crippen LogP contribution in [0, 0.1) is 11.8 Å². The first-order chi connectivity index (χ1) is 7.66. The zero-order chi connectivity index (χ0) is 12.0. The minimum atomic E-state index is -1.31. The second kappa shape index (κ2) is 6.12. The van der Waals surface area contributed by atoms with E-state index in [1.165, 1.54) is 7.11 Å². The van der Waals surface area contributed by atoms with Crippen molar-refractivity contribution < 1.29 is 23.0 Å². The number of esters is 1. The van der Waals surface area contributed by atoms with Gasteiger partial charge in [-0.15, -0.1) is 0 Å². The molecule has 0 aliphatic rings. The van der Waals surface area contributed by atoms with Crippen LogP contribution in [0.1, 0.15) is 16.8 Å². The maximum absolute atomic E-state index is 13.1. The van der Waals surface area contributed by atoms with Crippen LogP contribution >= 0.6 is 0 Å². The maximum Gasteiger partial charge on any atom is 0.341 e. The van der Waals surface area contributed by atoms with E-state index in [1.54, 1.807) is 0 Å². The van der Waals surface area contributed by atoms with Crippen LogP contribution in [-0.2, 0) is 9.47 Å². The SMILES string of the molecule is COCCCOC(=O)c1ccnc(F)c1F. The number of nitrogens with zero attached hydrogens (tertiary/aromatic N) is 1. The molecule has 0 radical (unpaired) electrons. The fraction of sp³-hybridized carbons (Fsp3) is 0.400. The van der Waals surface area contributed by atoms with Crippen LogP contribution in [0.2, 0.25) is 0 Å². The van der Waals surface area contributed by atoms with Crippen molar-refractivity contribution in [2.45, 2.75) is 6.42 Å². The lowest BCUT2D eigenvalue weighted by Gasteiger charge is -2.05. The summed E-state index contributed by atoms with van der Waals surface area (Å²) in [5.41, 5.74) is -0.454. The molecule has 16 heavy (non-hydrogen) atoms. The number of rotatable bonds is 5. The summed E-state index contributed by atoms with van der Waals surface area (Å²) in [4.78, 5) is 14.3. The molecule has 1 aromatic heterocycles. The van der Waals surface area contributed by atoms with Gasteiger partial charge in [0.15, 0.2) is 5.82 Å². The van der Waals surface area contributed by atoms with Gasteiger partial charge >= 0.3 is 5.97 Å². The van der Waals surface area contributed by atoms with E-state index in [0.29, 0.717) is 13.0 Å². The number of aromatic nitrogens is 1. The number of methoxy groups -OCH3 is 1. The molecule has 0 N–H and O–H groups in total. The topological polar surface area (TPSA) is 48.4 Å². The van der Waals surface area contributed by atoms with Gasteiger partial charge in [-0.2, -0.15) is 4.39 Å². The zero-order valence-corrected chi connectivity index (χ0v) is 8.70. The van der Waals surface area contributed by atoms with Crippen molar-refractivity contribution in [3.8, 4) is 0 Å². The number of halogens is 2. The van der Waals surface area contributed by atoms with E-state index in [0.717, 1.165) is 12.3 Å². The minimum absolute atomic E-state index is 0.0933. The Labute approximate surface area is 91.2 Å². The van der Waals surface area contributed by atoms with Crippen LogP contribution in [0.4, 0.5) is 8.78 Å². The van der Waals surface area contributed by atoms with E-state index >= 15 is 0 Å². The predicted octanol–water partition coefficient (Wildman–Crippen LogP) is 1.55. The number of hydrogen-bond donors (Lipinski definition) is 0. The molecule has 6 heteroatoms. The second-order valence-corrected chi connectivity index (χ2v) is 2.95. The highest BCUT2D eigenvalue weighted by Crippen LogP contribution is 2.10. The van der Waals surface area contributed by atoms with E-state index in [-0.39, 0.29) is 6.61 Å². The molecule has 0 unspecified atom stereocenters. The van der Waals surface area contributed by atoms with E-state index in [9.17, 15) is 13.6 Å². The maximum atomic E-state index is 13.1. The average Bonchev–Trinajstić information content (AvgIpc) is 2.28. The average molecular weight is 231 g/mol. The lowest BCUT2D eigenvalue weighted by molar-refractivity contribution is 0.0461. The molecule has 0 fully saturated rings. The summed E-state index contributed by atoms with van der Waals surface area (Å²) in [5, 5.41) is 0. The summed E-state index contributed by atoms with van der Waals surface area (Å²) in [6.45, 7) is 0.524. The van der Waals surface area contributed by atoms with Crippen LogP contribution < -0.4 is 0 Å². The van der Waals surface area contributed by atoms with Crippen molar-refractivity contribution >= 4 is 5.97 Å². The molecule has 1 rings (SSSR count). The predicted molar refractivity (Wildman–Crippen MR) is 50.9 cm³/mol. The van der Waals surface area contributed by atoms with Gasteiger partial charge in [0.1, 0.15) is 5.56 Å². The van der Waals surface area contributed by atoms with Gasteiger partial charge in [-0.25, -0.2) is 14.2 Å². The Morgan fingerprint density at radius 3 is 2.88 bits per heavy atom. The molecule has 0 saturated heterocycles. The van der Waals surface area contributed by atoms with Gasteiger partial charge in [0, 0.05) is 26.3 Å². The number of pyridine rings is 1. The van der Waals surface area contributed by atoms with Crippen molar-refractivity contribution in [1.29, 1.82) is 0 Å². The van der Waals surface area contributed by atoms with Crippen LogP contribution in [-0.4, -0.2) is 31.3 Å². The van der Waals surface area contributed by atoms with Crippen molar-refractivity contribution in [3.05, 3.63) is 29.6 Å². The van der Waals surface area contributed by atoms with Crippen LogP contribution in [0.5, 0.6) is 0 Å². The van der Waals surface area contributed by atoms with Crippen LogP contribution in [0.3, 0.4) is 0 Å². The molecular formula is C10H11F2NO3. The fourth-order valence-corrected chi connectivity index (χ4v) is 1.02. The lowest BCUT2D eigenvalue weighted by Crippen LogP contribution is -2.11. The van der Waals surface area contributed by atoms with E-state index in [1.807, 2.05) is 0 Å². The number of carbonyl (C=O) groups is 1. The van der Waals surface area contributed by atoms with Crippen molar-refractivity contribution in [1.82, 2.24) is 4.98 Å². The largest absolute Gasteiger partial charge is 0.462 e. The molecular weight excluding hydrogens is 220 g/mol. The normalized spacial score (nSPS) is 10.2. The van der Waals surface area contributed by atoms with Gasteiger partial charge in [-0.3, -0.25) is 0 Å². The monoisotopic (exact) mass is 231 g/mol. The summed E-state index contributed by atoms with van der Waals surface area (Å²) in [6.07, 6.45) is 1.50. The van der Waals surface area contributed by atoms with Crippen molar-refractivity contribution in [3.63, 3.8) is 0 Å². The third kappa shape index (κ3) is 3.23. The molecule has 4 nitrogen and oxygen atoms in total. The Hall–Kier alpha value is -1.56. The quantitative estimate of drug-likeness (QED) is 0.438. The van der Waals surface area contributed by atoms with E-state index in [2.05, 4.69) is 4.98 Å². The van der Waals surface area contributed by atoms with Gasteiger partial charge < -0.3 is 9.47 Å². The van der Waals surface area contributed by atoms with Gasteiger partial charge in [-0.05, 0) is 6.07 Å². The van der Waals surface area contributed by atoms with Crippen molar-refractivity contribution in [2.24, 2.45) is 0 Å². The molecule has 0 amide bonds. The highest BCUT2D eigenvalue weighted by molar-refractivity contribution is 5.89. The molecule has 0 atom stereocenters. The van der Waals surface area contributed by atoms with Gasteiger partial charge in [0.25, 0.3) is 0 Å². The molecule has 0 aliphatic heterocycles. The third-order valence-corrected chi connectivity index (χ3v) is 1.79. The molecule has 0 bridgehead atoms. The Bertz CT molecular complexity index is 371. The highest BCUT2D eigenvalue weighted by atomic mass is 19.2. The number of hydrogen-bond acceptors (Lipinski definition) is 4. The number of ether oxygens (including phenoxy) is 2. The third-order valence-electron chi connectivity index (χ3n) is 1.79. The van der Waals surface area contributed by atoms with E-state index < -0.39 is 23.3 Å². The van der Waals surface area contributed by atoms with Gasteiger partial charge in [-0.1, -0.05) is 0 Å². The van der Waals surface area contributed by atoms with Crippen molar-refractivity contribution in [2.75, 3.05) is 20.3 Å². The Balaban J connectivity index is 2.56. The summed E-state index contributed by atoms with van der Waals surface area (Å²) >= 11 is 0. The summed E-state index contributed by atoms with van der Waals surface area (Å²) in [7, 11) is 1.51. The highest BCUT2D eigenvalue weighted by Gasteiger charge is 2.16. The summed E-state index contributed by atoms with van der Waals surface area (Å²) in [5.74, 6) is -3.51. The molecule has 88 valence electrons. The molecule has 0 spiro atoms. The second-order valence-electron chi connectivity index (χ2n) is 2.95. The Morgan fingerprint density at radius 1 is 1.44 bits per heavy atom.